The number of aromatic carboxylic acids is 1. The van der Waals surface area contributed by atoms with E-state index in [1.54, 1.807) is 12.1 Å². The van der Waals surface area contributed by atoms with Gasteiger partial charge in [0.25, 0.3) is 0 Å². The molecule has 0 saturated heterocycles. The van der Waals surface area contributed by atoms with E-state index in [4.69, 9.17) is 5.11 Å². The molecule has 1 aromatic heterocycles. The number of rotatable bonds is 2. The van der Waals surface area contributed by atoms with E-state index in [1.807, 2.05) is 24.6 Å². The molecular formula is C11H11BrN2O2. The van der Waals surface area contributed by atoms with Crippen molar-refractivity contribution < 1.29 is 9.90 Å². The molecule has 84 valence electrons. The number of carboxylic acid groups (broad SMARTS) is 1. The van der Waals surface area contributed by atoms with E-state index in [2.05, 4.69) is 21.0 Å². The second kappa shape index (κ2) is 3.90. The molecule has 1 heterocycles. The van der Waals surface area contributed by atoms with E-state index in [0.717, 1.165) is 5.52 Å². The largest absolute Gasteiger partial charge is 0.478 e. The predicted molar refractivity (Wildman–Crippen MR) is 64.8 cm³/mol. The van der Waals surface area contributed by atoms with Crippen LogP contribution in [0.5, 0.6) is 0 Å². The molecule has 0 spiro atoms. The van der Waals surface area contributed by atoms with Crippen LogP contribution in [0.2, 0.25) is 0 Å². The van der Waals surface area contributed by atoms with Crippen molar-refractivity contribution in [2.24, 2.45) is 0 Å². The number of fused-ring (bicyclic) bond motifs is 1. The van der Waals surface area contributed by atoms with Gasteiger partial charge in [0.2, 0.25) is 0 Å². The van der Waals surface area contributed by atoms with Gasteiger partial charge in [-0.15, -0.1) is 0 Å². The molecule has 0 aliphatic rings. The van der Waals surface area contributed by atoms with Crippen molar-refractivity contribution in [1.29, 1.82) is 0 Å². The molecule has 5 heteroatoms. The van der Waals surface area contributed by atoms with Crippen LogP contribution in [0.1, 0.15) is 30.2 Å². The van der Waals surface area contributed by atoms with Gasteiger partial charge in [0.05, 0.1) is 11.1 Å². The fraction of sp³-hybridized carbons (Fsp3) is 0.273. The van der Waals surface area contributed by atoms with Crippen molar-refractivity contribution in [2.75, 3.05) is 0 Å². The van der Waals surface area contributed by atoms with Gasteiger partial charge in [-0.1, -0.05) is 6.07 Å². The fourth-order valence-corrected chi connectivity index (χ4v) is 2.31. The second-order valence-electron chi connectivity index (χ2n) is 3.83. The van der Waals surface area contributed by atoms with Crippen LogP contribution < -0.4 is 0 Å². The summed E-state index contributed by atoms with van der Waals surface area (Å²) in [5.41, 5.74) is 1.11. The molecule has 0 unspecified atom stereocenters. The lowest BCUT2D eigenvalue weighted by Crippen LogP contribution is -2.02. The first-order valence-corrected chi connectivity index (χ1v) is 5.71. The lowest BCUT2D eigenvalue weighted by Gasteiger charge is -2.06. The van der Waals surface area contributed by atoms with Gasteiger partial charge in [-0.05, 0) is 41.9 Å². The lowest BCUT2D eigenvalue weighted by molar-refractivity contribution is 0.0699. The van der Waals surface area contributed by atoms with Gasteiger partial charge < -0.3 is 5.11 Å². The van der Waals surface area contributed by atoms with Gasteiger partial charge in [0.1, 0.15) is 4.60 Å². The molecule has 0 fully saturated rings. The summed E-state index contributed by atoms with van der Waals surface area (Å²) < 4.78 is 2.39. The van der Waals surface area contributed by atoms with Crippen LogP contribution in [0.15, 0.2) is 22.8 Å². The van der Waals surface area contributed by atoms with E-state index in [9.17, 15) is 4.79 Å². The maximum atomic E-state index is 11.1. The lowest BCUT2D eigenvalue weighted by atomic mass is 10.1. The fourth-order valence-electron chi connectivity index (χ4n) is 1.72. The summed E-state index contributed by atoms with van der Waals surface area (Å²) in [5.74, 6) is -0.936. The Balaban J connectivity index is 2.84. The SMILES string of the molecule is CC(C)n1nc(Br)c2c(C(=O)O)cccc21. The average molecular weight is 283 g/mol. The smallest absolute Gasteiger partial charge is 0.336 e. The molecule has 0 aliphatic heterocycles. The van der Waals surface area contributed by atoms with Crippen LogP contribution in [0, 0.1) is 0 Å². The van der Waals surface area contributed by atoms with Gasteiger partial charge in [-0.25, -0.2) is 4.79 Å². The molecule has 0 atom stereocenters. The van der Waals surface area contributed by atoms with Crippen LogP contribution in [0.25, 0.3) is 10.9 Å². The monoisotopic (exact) mass is 282 g/mol. The molecule has 0 saturated carbocycles. The van der Waals surface area contributed by atoms with Gasteiger partial charge in [0, 0.05) is 11.4 Å². The quantitative estimate of drug-likeness (QED) is 0.921. The van der Waals surface area contributed by atoms with E-state index in [0.29, 0.717) is 9.99 Å². The Morgan fingerprint density at radius 1 is 1.50 bits per heavy atom. The Bertz CT molecular complexity index is 560. The maximum Gasteiger partial charge on any atom is 0.336 e. The Hall–Kier alpha value is -1.36. The summed E-state index contributed by atoms with van der Waals surface area (Å²) in [6.07, 6.45) is 0. The van der Waals surface area contributed by atoms with Crippen LogP contribution in [0.3, 0.4) is 0 Å². The predicted octanol–water partition coefficient (Wildman–Crippen LogP) is 3.08. The van der Waals surface area contributed by atoms with Crippen molar-refractivity contribution in [3.63, 3.8) is 0 Å². The molecule has 0 radical (unpaired) electrons. The number of carboxylic acids is 1. The highest BCUT2D eigenvalue weighted by atomic mass is 79.9. The molecule has 0 aliphatic carbocycles. The number of carbonyl (C=O) groups is 1. The van der Waals surface area contributed by atoms with Crippen molar-refractivity contribution in [2.45, 2.75) is 19.9 Å². The molecule has 1 N–H and O–H groups in total. The van der Waals surface area contributed by atoms with Gasteiger partial charge in [0.15, 0.2) is 0 Å². The van der Waals surface area contributed by atoms with E-state index in [-0.39, 0.29) is 11.6 Å². The summed E-state index contributed by atoms with van der Waals surface area (Å²) in [6, 6.07) is 5.39. The highest BCUT2D eigenvalue weighted by Crippen LogP contribution is 2.28. The molecule has 0 amide bonds. The number of hydrogen-bond donors (Lipinski definition) is 1. The molecule has 4 nitrogen and oxygen atoms in total. The van der Waals surface area contributed by atoms with E-state index in [1.165, 1.54) is 0 Å². The molecule has 2 rings (SSSR count). The Labute approximate surface area is 101 Å². The minimum absolute atomic E-state index is 0.192. The van der Waals surface area contributed by atoms with Crippen LogP contribution >= 0.6 is 15.9 Å². The first kappa shape index (κ1) is 11.1. The zero-order valence-corrected chi connectivity index (χ0v) is 10.5. The third-order valence-corrected chi connectivity index (χ3v) is 2.97. The van der Waals surface area contributed by atoms with Crippen molar-refractivity contribution >= 4 is 32.8 Å². The number of halogens is 1. The minimum atomic E-state index is -0.936. The minimum Gasteiger partial charge on any atom is -0.478 e. The topological polar surface area (TPSA) is 55.1 Å². The zero-order valence-electron chi connectivity index (χ0n) is 8.94. The normalized spacial score (nSPS) is 11.2. The highest BCUT2D eigenvalue weighted by Gasteiger charge is 2.17. The van der Waals surface area contributed by atoms with Crippen molar-refractivity contribution in [3.05, 3.63) is 28.4 Å². The number of hydrogen-bond acceptors (Lipinski definition) is 2. The Morgan fingerprint density at radius 2 is 2.19 bits per heavy atom. The summed E-state index contributed by atoms with van der Waals surface area (Å²) in [6.45, 7) is 4.01. The van der Waals surface area contributed by atoms with Crippen LogP contribution in [-0.4, -0.2) is 20.9 Å². The van der Waals surface area contributed by atoms with Crippen molar-refractivity contribution in [1.82, 2.24) is 9.78 Å². The molecule has 16 heavy (non-hydrogen) atoms. The zero-order chi connectivity index (χ0) is 11.9. The first-order valence-electron chi connectivity index (χ1n) is 4.92. The summed E-state index contributed by atoms with van der Waals surface area (Å²) >= 11 is 3.31. The molecular weight excluding hydrogens is 272 g/mol. The molecule has 1 aromatic carbocycles. The molecule has 0 bridgehead atoms. The third-order valence-electron chi connectivity index (χ3n) is 2.41. The van der Waals surface area contributed by atoms with Gasteiger partial charge in [-0.2, -0.15) is 5.10 Å². The number of nitrogens with zero attached hydrogens (tertiary/aromatic N) is 2. The number of aromatic nitrogens is 2. The summed E-state index contributed by atoms with van der Waals surface area (Å²) in [7, 11) is 0. The Kier molecular flexibility index (Phi) is 2.71. The van der Waals surface area contributed by atoms with Gasteiger partial charge in [-0.3, -0.25) is 4.68 Å². The van der Waals surface area contributed by atoms with Crippen molar-refractivity contribution in [3.8, 4) is 0 Å². The Morgan fingerprint density at radius 3 is 2.75 bits per heavy atom. The maximum absolute atomic E-state index is 11.1. The summed E-state index contributed by atoms with van der Waals surface area (Å²) in [4.78, 5) is 11.1. The average Bonchev–Trinajstić information content (AvgIpc) is 2.56. The summed E-state index contributed by atoms with van der Waals surface area (Å²) in [5, 5.41) is 14.1. The first-order chi connectivity index (χ1) is 7.52. The van der Waals surface area contributed by atoms with E-state index < -0.39 is 5.97 Å². The highest BCUT2D eigenvalue weighted by molar-refractivity contribution is 9.10. The van der Waals surface area contributed by atoms with Crippen LogP contribution in [-0.2, 0) is 0 Å². The number of benzene rings is 1. The second-order valence-corrected chi connectivity index (χ2v) is 4.59. The molecule has 2 aromatic rings. The van der Waals surface area contributed by atoms with Crippen LogP contribution in [0.4, 0.5) is 0 Å². The third kappa shape index (κ3) is 1.61. The standard InChI is InChI=1S/C11H11BrN2O2/c1-6(2)14-8-5-3-4-7(11(15)16)9(8)10(12)13-14/h3-6H,1-2H3,(H,15,16). The van der Waals surface area contributed by atoms with Gasteiger partial charge >= 0.3 is 5.97 Å². The van der Waals surface area contributed by atoms with E-state index >= 15 is 0 Å².